The molecule has 1 N–H and O–H groups in total. The molecule has 0 spiro atoms. The smallest absolute Gasteiger partial charge is 0.130 e. The first kappa shape index (κ1) is 8.82. The lowest BCUT2D eigenvalue weighted by Crippen LogP contribution is -2.22. The number of hydrogen-bond donors (Lipinski definition) is 1. The van der Waals surface area contributed by atoms with Crippen molar-refractivity contribution >= 4 is 27.5 Å². The molecule has 10 heavy (non-hydrogen) atoms. The summed E-state index contributed by atoms with van der Waals surface area (Å²) in [6.07, 6.45) is 4.50. The monoisotopic (exact) mass is 226 g/mol. The number of halogens is 2. The first-order valence-electron chi connectivity index (χ1n) is 3.66. The van der Waals surface area contributed by atoms with Crippen LogP contribution in [0.1, 0.15) is 25.7 Å². The summed E-state index contributed by atoms with van der Waals surface area (Å²) in [5.74, 6) is 0.305. The van der Waals surface area contributed by atoms with Crippen LogP contribution in [0.2, 0.25) is 0 Å². The van der Waals surface area contributed by atoms with Crippen LogP contribution in [0.15, 0.2) is 0 Å². The summed E-state index contributed by atoms with van der Waals surface area (Å²) >= 11 is 9.08. The quantitative estimate of drug-likeness (QED) is 0.683. The molecular weight excluding hydrogens is 215 g/mol. The van der Waals surface area contributed by atoms with Gasteiger partial charge in [0.2, 0.25) is 0 Å². The third-order valence-electron chi connectivity index (χ3n) is 2.04. The van der Waals surface area contributed by atoms with Crippen LogP contribution >= 0.6 is 27.5 Å². The summed E-state index contributed by atoms with van der Waals surface area (Å²) < 4.78 is 0. The fourth-order valence-electron chi connectivity index (χ4n) is 1.42. The molecule has 1 nitrogen and oxygen atoms in total. The minimum atomic E-state index is -0.639. The lowest BCUT2D eigenvalue weighted by molar-refractivity contribution is 0.156. The van der Waals surface area contributed by atoms with E-state index in [0.717, 1.165) is 12.8 Å². The molecule has 3 heteroatoms. The van der Waals surface area contributed by atoms with Crippen LogP contribution in [-0.2, 0) is 0 Å². The highest BCUT2D eigenvalue weighted by molar-refractivity contribution is 9.09. The molecule has 0 aromatic rings. The first-order chi connectivity index (χ1) is 4.70. The van der Waals surface area contributed by atoms with Crippen molar-refractivity contribution in [1.82, 2.24) is 0 Å². The molecule has 0 heterocycles. The summed E-state index contributed by atoms with van der Waals surface area (Å²) in [6.45, 7) is 0. The summed E-state index contributed by atoms with van der Waals surface area (Å²) in [5.41, 5.74) is -0.639. The topological polar surface area (TPSA) is 20.2 Å². The molecule has 1 saturated carbocycles. The average molecular weight is 228 g/mol. The zero-order chi connectivity index (χ0) is 7.56. The van der Waals surface area contributed by atoms with Crippen molar-refractivity contribution in [3.8, 4) is 0 Å². The van der Waals surface area contributed by atoms with Crippen LogP contribution in [0.25, 0.3) is 0 Å². The number of rotatable bonds is 1. The highest BCUT2D eigenvalue weighted by Crippen LogP contribution is 2.31. The average Bonchev–Trinajstić information content (AvgIpc) is 1.88. The van der Waals surface area contributed by atoms with Gasteiger partial charge in [-0.3, -0.25) is 0 Å². The molecule has 0 aliphatic heterocycles. The van der Waals surface area contributed by atoms with E-state index in [1.807, 2.05) is 0 Å². The normalized spacial score (nSPS) is 37.5. The lowest BCUT2D eigenvalue weighted by atomic mass is 9.90. The van der Waals surface area contributed by atoms with Crippen molar-refractivity contribution < 1.29 is 5.11 Å². The van der Waals surface area contributed by atoms with Crippen LogP contribution in [0, 0.1) is 5.92 Å². The molecule has 1 aliphatic carbocycles. The standard InChI is InChI=1S/C7H12BrClO/c8-6-3-1-2-5(4-6)7(9)10/h5-7,10H,1-4H2. The van der Waals surface area contributed by atoms with Crippen LogP contribution < -0.4 is 0 Å². The number of hydrogen-bond acceptors (Lipinski definition) is 1. The second-order valence-corrected chi connectivity index (χ2v) is 4.64. The van der Waals surface area contributed by atoms with E-state index in [1.165, 1.54) is 12.8 Å². The van der Waals surface area contributed by atoms with Gasteiger partial charge < -0.3 is 5.11 Å². The second kappa shape index (κ2) is 3.93. The summed E-state index contributed by atoms with van der Waals surface area (Å²) in [4.78, 5) is 0.569. The molecule has 1 rings (SSSR count). The van der Waals surface area contributed by atoms with Gasteiger partial charge in [0.25, 0.3) is 0 Å². The van der Waals surface area contributed by atoms with Crippen LogP contribution in [-0.4, -0.2) is 15.5 Å². The molecule has 3 atom stereocenters. The molecule has 3 unspecified atom stereocenters. The Balaban J connectivity index is 2.32. The van der Waals surface area contributed by atoms with E-state index >= 15 is 0 Å². The molecule has 0 radical (unpaired) electrons. The zero-order valence-corrected chi connectivity index (χ0v) is 8.11. The number of aliphatic hydroxyl groups is 1. The van der Waals surface area contributed by atoms with Gasteiger partial charge in [0.15, 0.2) is 0 Å². The van der Waals surface area contributed by atoms with Gasteiger partial charge in [0.05, 0.1) is 0 Å². The van der Waals surface area contributed by atoms with Gasteiger partial charge in [-0.2, -0.15) is 0 Å². The van der Waals surface area contributed by atoms with E-state index in [9.17, 15) is 0 Å². The van der Waals surface area contributed by atoms with Gasteiger partial charge in [-0.15, -0.1) is 0 Å². The summed E-state index contributed by atoms with van der Waals surface area (Å²) in [7, 11) is 0. The van der Waals surface area contributed by atoms with Gasteiger partial charge in [-0.25, -0.2) is 0 Å². The molecule has 0 aromatic carbocycles. The highest BCUT2D eigenvalue weighted by atomic mass is 79.9. The first-order valence-corrected chi connectivity index (χ1v) is 5.01. The van der Waals surface area contributed by atoms with Crippen molar-refractivity contribution in [1.29, 1.82) is 0 Å². The molecule has 1 fully saturated rings. The minimum Gasteiger partial charge on any atom is -0.377 e. The molecule has 0 saturated heterocycles. The fraction of sp³-hybridized carbons (Fsp3) is 1.00. The van der Waals surface area contributed by atoms with E-state index in [-0.39, 0.29) is 0 Å². The van der Waals surface area contributed by atoms with Gasteiger partial charge in [-0.1, -0.05) is 34.0 Å². The Morgan fingerprint density at radius 3 is 2.60 bits per heavy atom. The second-order valence-electron chi connectivity index (χ2n) is 2.90. The fourth-order valence-corrected chi connectivity index (χ4v) is 2.45. The van der Waals surface area contributed by atoms with Crippen molar-refractivity contribution in [2.75, 3.05) is 0 Å². The van der Waals surface area contributed by atoms with Crippen molar-refractivity contribution in [3.63, 3.8) is 0 Å². The van der Waals surface area contributed by atoms with Gasteiger partial charge in [-0.05, 0) is 25.2 Å². The van der Waals surface area contributed by atoms with Crippen molar-refractivity contribution in [2.24, 2.45) is 5.92 Å². The molecule has 0 bridgehead atoms. The maximum atomic E-state index is 9.04. The van der Waals surface area contributed by atoms with Gasteiger partial charge in [0, 0.05) is 4.83 Å². The van der Waals surface area contributed by atoms with Crippen molar-refractivity contribution in [2.45, 2.75) is 36.1 Å². The van der Waals surface area contributed by atoms with E-state index < -0.39 is 5.56 Å². The molecule has 0 amide bonds. The molecular formula is C7H12BrClO. The maximum absolute atomic E-state index is 9.04. The predicted molar refractivity (Wildman–Crippen MR) is 46.5 cm³/mol. The molecule has 1 aliphatic rings. The SMILES string of the molecule is OC(Cl)C1CCCC(Br)C1. The van der Waals surface area contributed by atoms with Gasteiger partial charge >= 0.3 is 0 Å². The minimum absolute atomic E-state index is 0.305. The highest BCUT2D eigenvalue weighted by Gasteiger charge is 2.24. The van der Waals surface area contributed by atoms with Crippen LogP contribution in [0.3, 0.4) is 0 Å². The Labute approximate surface area is 74.9 Å². The van der Waals surface area contributed by atoms with E-state index in [2.05, 4.69) is 15.9 Å². The largest absolute Gasteiger partial charge is 0.377 e. The Bertz CT molecular complexity index is 108. The Morgan fingerprint density at radius 2 is 2.20 bits per heavy atom. The summed E-state index contributed by atoms with van der Waals surface area (Å²) in [6, 6.07) is 0. The summed E-state index contributed by atoms with van der Waals surface area (Å²) in [5, 5.41) is 9.04. The van der Waals surface area contributed by atoms with E-state index in [4.69, 9.17) is 16.7 Å². The van der Waals surface area contributed by atoms with E-state index in [1.54, 1.807) is 0 Å². The third-order valence-corrected chi connectivity index (χ3v) is 3.23. The zero-order valence-electron chi connectivity index (χ0n) is 5.76. The maximum Gasteiger partial charge on any atom is 0.130 e. The van der Waals surface area contributed by atoms with Gasteiger partial charge in [0.1, 0.15) is 5.56 Å². The Kier molecular flexibility index (Phi) is 3.47. The Hall–Kier alpha value is 0.730. The van der Waals surface area contributed by atoms with Crippen LogP contribution in [0.4, 0.5) is 0 Å². The lowest BCUT2D eigenvalue weighted by Gasteiger charge is -2.26. The number of aliphatic hydroxyl groups excluding tert-OH is 1. The number of alkyl halides is 2. The molecule has 0 aromatic heterocycles. The van der Waals surface area contributed by atoms with Crippen molar-refractivity contribution in [3.05, 3.63) is 0 Å². The predicted octanol–water partition coefficient (Wildman–Crippen LogP) is 2.50. The third kappa shape index (κ3) is 2.40. The van der Waals surface area contributed by atoms with Crippen LogP contribution in [0.5, 0.6) is 0 Å². The van der Waals surface area contributed by atoms with E-state index in [0.29, 0.717) is 10.7 Å². The Morgan fingerprint density at radius 1 is 1.50 bits per heavy atom. The molecule has 60 valence electrons.